The van der Waals surface area contributed by atoms with E-state index >= 15 is 0 Å². The molecule has 1 rings (SSSR count). The zero-order valence-corrected chi connectivity index (χ0v) is 12.5. The van der Waals surface area contributed by atoms with Crippen LogP contribution in [0.15, 0.2) is 34.3 Å². The Labute approximate surface area is 116 Å². The fourth-order valence-electron chi connectivity index (χ4n) is 1.57. The lowest BCUT2D eigenvalue weighted by Gasteiger charge is -2.09. The molecular weight excluding hydrogens is 294 g/mol. The molecule has 0 heterocycles. The number of rotatable bonds is 5. The van der Waals surface area contributed by atoms with Crippen LogP contribution in [0.5, 0.6) is 0 Å². The van der Waals surface area contributed by atoms with Crippen LogP contribution in [0.3, 0.4) is 0 Å². The highest BCUT2D eigenvalue weighted by Crippen LogP contribution is 2.25. The Bertz CT molecular complexity index is 455. The molecule has 1 aromatic carbocycles. The van der Waals surface area contributed by atoms with Crippen LogP contribution in [-0.2, 0) is 9.53 Å². The Morgan fingerprint density at radius 1 is 1.50 bits per heavy atom. The van der Waals surface area contributed by atoms with Crippen molar-refractivity contribution >= 4 is 27.6 Å². The van der Waals surface area contributed by atoms with Crippen LogP contribution in [0.4, 0.5) is 5.69 Å². The number of benzene rings is 1. The van der Waals surface area contributed by atoms with Gasteiger partial charge in [0.1, 0.15) is 0 Å². The number of hydrogen-bond acceptors (Lipinski definition) is 3. The minimum absolute atomic E-state index is 0.261. The molecule has 0 aliphatic heterocycles. The van der Waals surface area contributed by atoms with Gasteiger partial charge in [-0.1, -0.05) is 25.1 Å². The van der Waals surface area contributed by atoms with Crippen molar-refractivity contribution in [1.29, 1.82) is 0 Å². The predicted molar refractivity (Wildman–Crippen MR) is 77.8 cm³/mol. The van der Waals surface area contributed by atoms with Gasteiger partial charge in [-0.25, -0.2) is 4.79 Å². The van der Waals surface area contributed by atoms with Crippen molar-refractivity contribution in [3.05, 3.63) is 39.9 Å². The van der Waals surface area contributed by atoms with Crippen LogP contribution in [-0.4, -0.2) is 19.6 Å². The Hall–Kier alpha value is -1.29. The number of esters is 1. The Kier molecular flexibility index (Phi) is 5.92. The summed E-state index contributed by atoms with van der Waals surface area (Å²) in [5, 5.41) is 3.27. The summed E-state index contributed by atoms with van der Waals surface area (Å²) in [7, 11) is 1.40. The van der Waals surface area contributed by atoms with E-state index in [-0.39, 0.29) is 5.97 Å². The van der Waals surface area contributed by atoms with Crippen molar-refractivity contribution < 1.29 is 9.53 Å². The maximum Gasteiger partial charge on any atom is 0.333 e. The monoisotopic (exact) mass is 311 g/mol. The minimum atomic E-state index is -0.261. The average molecular weight is 312 g/mol. The lowest BCUT2D eigenvalue weighted by Crippen LogP contribution is -2.07. The van der Waals surface area contributed by atoms with Gasteiger partial charge in [0.25, 0.3) is 0 Å². The molecule has 0 unspecified atom stereocenters. The summed E-state index contributed by atoms with van der Waals surface area (Å²) in [5.74, 6) is -0.261. The lowest BCUT2D eigenvalue weighted by atomic mass is 10.2. The van der Waals surface area contributed by atoms with Gasteiger partial charge in [0, 0.05) is 22.3 Å². The van der Waals surface area contributed by atoms with Gasteiger partial charge in [0.05, 0.1) is 7.11 Å². The van der Waals surface area contributed by atoms with Gasteiger partial charge in [-0.3, -0.25) is 0 Å². The lowest BCUT2D eigenvalue weighted by molar-refractivity contribution is -0.136. The summed E-state index contributed by atoms with van der Waals surface area (Å²) in [6.45, 7) is 4.57. The van der Waals surface area contributed by atoms with Gasteiger partial charge in [-0.2, -0.15) is 0 Å². The van der Waals surface area contributed by atoms with Crippen LogP contribution in [0.1, 0.15) is 18.9 Å². The third-order valence-electron chi connectivity index (χ3n) is 2.66. The van der Waals surface area contributed by atoms with E-state index in [1.807, 2.05) is 38.1 Å². The molecule has 0 aliphatic carbocycles. The second kappa shape index (κ2) is 7.21. The van der Waals surface area contributed by atoms with Crippen LogP contribution < -0.4 is 5.32 Å². The molecule has 18 heavy (non-hydrogen) atoms. The van der Waals surface area contributed by atoms with Gasteiger partial charge < -0.3 is 10.1 Å². The molecule has 0 radical (unpaired) electrons. The fraction of sp³-hybridized carbons (Fsp3) is 0.357. The summed E-state index contributed by atoms with van der Waals surface area (Å²) in [6.07, 6.45) is 2.53. The highest BCUT2D eigenvalue weighted by molar-refractivity contribution is 9.10. The van der Waals surface area contributed by atoms with Crippen molar-refractivity contribution in [3.63, 3.8) is 0 Å². The SMILES string of the molecule is CC/C(=C/CNc1cccc(C)c1Br)C(=O)OC. The normalized spacial score (nSPS) is 11.2. The first-order valence-corrected chi connectivity index (χ1v) is 6.65. The molecule has 98 valence electrons. The molecule has 4 heteroatoms. The van der Waals surface area contributed by atoms with Gasteiger partial charge in [-0.15, -0.1) is 0 Å². The standard InChI is InChI=1S/C14H18BrNO2/c1-4-11(14(17)18-3)8-9-16-12-7-5-6-10(2)13(12)15/h5-8,16H,4,9H2,1-3H3/b11-8-. The quantitative estimate of drug-likeness (QED) is 0.666. The smallest absolute Gasteiger partial charge is 0.333 e. The summed E-state index contributed by atoms with van der Waals surface area (Å²) in [4.78, 5) is 11.4. The molecule has 0 amide bonds. The van der Waals surface area contributed by atoms with Crippen molar-refractivity contribution in [2.75, 3.05) is 19.0 Å². The van der Waals surface area contributed by atoms with Crippen molar-refractivity contribution in [1.82, 2.24) is 0 Å². The number of nitrogens with one attached hydrogen (secondary N) is 1. The maximum atomic E-state index is 11.4. The number of methoxy groups -OCH3 is 1. The van der Waals surface area contributed by atoms with E-state index in [0.717, 1.165) is 10.2 Å². The topological polar surface area (TPSA) is 38.3 Å². The van der Waals surface area contributed by atoms with Gasteiger partial charge in [-0.05, 0) is 40.9 Å². The summed E-state index contributed by atoms with van der Waals surface area (Å²) >= 11 is 3.53. The molecule has 0 atom stereocenters. The molecule has 0 bridgehead atoms. The molecule has 3 nitrogen and oxygen atoms in total. The molecule has 0 spiro atoms. The van der Waals surface area contributed by atoms with E-state index in [4.69, 9.17) is 4.74 Å². The summed E-state index contributed by atoms with van der Waals surface area (Å²) in [6, 6.07) is 6.03. The molecular formula is C14H18BrNO2. The molecule has 0 fully saturated rings. The molecule has 0 saturated heterocycles. The fourth-order valence-corrected chi connectivity index (χ4v) is 1.98. The first kappa shape index (κ1) is 14.8. The molecule has 0 aliphatic rings. The van der Waals surface area contributed by atoms with Gasteiger partial charge >= 0.3 is 5.97 Å². The van der Waals surface area contributed by atoms with E-state index in [1.54, 1.807) is 0 Å². The van der Waals surface area contributed by atoms with Crippen LogP contribution in [0.25, 0.3) is 0 Å². The predicted octanol–water partition coefficient (Wildman–Crippen LogP) is 3.68. The Balaban J connectivity index is 2.68. The van der Waals surface area contributed by atoms with Crippen molar-refractivity contribution in [2.24, 2.45) is 0 Å². The van der Waals surface area contributed by atoms with E-state index in [9.17, 15) is 4.79 Å². The molecule has 1 aromatic rings. The number of ether oxygens (including phenoxy) is 1. The molecule has 0 saturated carbocycles. The Morgan fingerprint density at radius 2 is 2.22 bits per heavy atom. The maximum absolute atomic E-state index is 11.4. The number of hydrogen-bond donors (Lipinski definition) is 1. The van der Waals surface area contributed by atoms with Crippen molar-refractivity contribution in [3.8, 4) is 0 Å². The largest absolute Gasteiger partial charge is 0.466 e. The van der Waals surface area contributed by atoms with Crippen LogP contribution in [0.2, 0.25) is 0 Å². The molecule has 1 N–H and O–H groups in total. The van der Waals surface area contributed by atoms with Crippen LogP contribution in [0, 0.1) is 6.92 Å². The first-order valence-electron chi connectivity index (χ1n) is 5.86. The number of halogens is 1. The van der Waals surface area contributed by atoms with Crippen molar-refractivity contribution in [2.45, 2.75) is 20.3 Å². The highest BCUT2D eigenvalue weighted by atomic mass is 79.9. The van der Waals surface area contributed by atoms with E-state index < -0.39 is 0 Å². The number of carbonyl (C=O) groups is 1. The van der Waals surface area contributed by atoms with E-state index in [2.05, 4.69) is 21.2 Å². The third kappa shape index (κ3) is 3.88. The number of carbonyl (C=O) groups excluding carboxylic acids is 1. The Morgan fingerprint density at radius 3 is 2.83 bits per heavy atom. The van der Waals surface area contributed by atoms with Gasteiger partial charge in [0.2, 0.25) is 0 Å². The van der Waals surface area contributed by atoms with Crippen LogP contribution >= 0.6 is 15.9 Å². The molecule has 0 aromatic heterocycles. The van der Waals surface area contributed by atoms with Gasteiger partial charge in [0.15, 0.2) is 0 Å². The average Bonchev–Trinajstić information content (AvgIpc) is 2.38. The zero-order valence-electron chi connectivity index (χ0n) is 10.9. The summed E-state index contributed by atoms with van der Waals surface area (Å²) in [5.41, 5.74) is 2.88. The number of anilines is 1. The summed E-state index contributed by atoms with van der Waals surface area (Å²) < 4.78 is 5.76. The second-order valence-electron chi connectivity index (χ2n) is 3.89. The zero-order chi connectivity index (χ0) is 13.5. The minimum Gasteiger partial charge on any atom is -0.466 e. The second-order valence-corrected chi connectivity index (χ2v) is 4.68. The highest BCUT2D eigenvalue weighted by Gasteiger charge is 2.06. The first-order chi connectivity index (χ1) is 8.60. The van der Waals surface area contributed by atoms with E-state index in [0.29, 0.717) is 18.5 Å². The van der Waals surface area contributed by atoms with E-state index in [1.165, 1.54) is 12.7 Å². The third-order valence-corrected chi connectivity index (χ3v) is 3.71. The number of aryl methyl sites for hydroxylation is 1.